The van der Waals surface area contributed by atoms with E-state index in [0.29, 0.717) is 130 Å². The second-order valence-corrected chi connectivity index (χ2v) is 52.7. The highest BCUT2D eigenvalue weighted by Gasteiger charge is 2.31. The molecule has 0 radical (unpaired) electrons. The van der Waals surface area contributed by atoms with E-state index in [2.05, 4.69) is 90.8 Å². The Morgan fingerprint density at radius 2 is 0.658 bits per heavy atom. The second kappa shape index (κ2) is 40.1. The fourth-order valence-electron chi connectivity index (χ4n) is 12.0. The molecule has 0 saturated heterocycles. The normalized spacial score (nSPS) is 19.5. The van der Waals surface area contributed by atoms with E-state index in [1.54, 1.807) is 0 Å². The number of allylic oxidation sites excluding steroid dienone is 3. The highest BCUT2D eigenvalue weighted by Crippen LogP contribution is 2.35. The number of hydrogen-bond acceptors (Lipinski definition) is 15. The van der Waals surface area contributed by atoms with E-state index in [1.165, 1.54) is 0 Å². The van der Waals surface area contributed by atoms with Crippen LogP contribution in [0.2, 0.25) is 77.1 Å². The lowest BCUT2D eigenvalue weighted by molar-refractivity contribution is -0.117. The van der Waals surface area contributed by atoms with Gasteiger partial charge in [0.15, 0.2) is 0 Å². The smallest absolute Gasteiger partial charge is 0.408 e. The van der Waals surface area contributed by atoms with Crippen molar-refractivity contribution in [2.24, 2.45) is 17.8 Å². The van der Waals surface area contributed by atoms with Gasteiger partial charge in [-0.1, -0.05) is 171 Å². The lowest BCUT2D eigenvalue weighted by Crippen LogP contribution is -2.36. The highest BCUT2D eigenvalue weighted by molar-refractivity contribution is 6.76. The van der Waals surface area contributed by atoms with Crippen LogP contribution in [0.3, 0.4) is 0 Å². The molecule has 0 spiro atoms. The van der Waals surface area contributed by atoms with Crippen molar-refractivity contribution in [2.75, 3.05) is 35.8 Å². The summed E-state index contributed by atoms with van der Waals surface area (Å²) in [7, 11) is -3.71. The SMILES string of the molecule is CC1/C=C/C[C@H](NC(=O)OC(C)(C)C)c2nc(cn2COCC[Si](C)(C)C)-c2ccccc2NC(=O)C1.CC1/C=C/C[C@H](NC(=O)OC(C)(C)C)c2nc(cn2COCC[Si](C)(C)C)-c2ccccc2NC(=O)C1.CC1/C=C\C[C@H](NC(=O)OC(C)(C)C)c2nc(cn2COCC[Si](C)(C)C)-c2ccccc2NC(=O)C1. The number of nitrogens with zero attached hydrogens (tertiary/aromatic N) is 6. The topological polar surface area (TPSA) is 283 Å². The maximum Gasteiger partial charge on any atom is 0.408 e. The van der Waals surface area contributed by atoms with Crippen molar-refractivity contribution < 1.29 is 57.2 Å². The summed E-state index contributed by atoms with van der Waals surface area (Å²) in [6.45, 7) is 46.4. The molecule has 9 rings (SSSR count). The summed E-state index contributed by atoms with van der Waals surface area (Å²) in [5.41, 5.74) is 4.79. The van der Waals surface area contributed by atoms with Gasteiger partial charge in [0.2, 0.25) is 17.7 Å². The van der Waals surface area contributed by atoms with Gasteiger partial charge < -0.3 is 74.0 Å². The van der Waals surface area contributed by atoms with Crippen LogP contribution in [0.4, 0.5) is 31.4 Å². The van der Waals surface area contributed by atoms with Crippen LogP contribution in [0.25, 0.3) is 33.8 Å². The highest BCUT2D eigenvalue weighted by atomic mass is 28.3. The lowest BCUT2D eigenvalue weighted by atomic mass is 10.0. The molecule has 6 heterocycles. The molecular weight excluding hydrogens is 1450 g/mol. The first kappa shape index (κ1) is 89.5. The molecule has 6 N–H and O–H groups in total. The van der Waals surface area contributed by atoms with Crippen molar-refractivity contribution >= 4 is 77.3 Å². The van der Waals surface area contributed by atoms with Gasteiger partial charge in [0.25, 0.3) is 0 Å². The van der Waals surface area contributed by atoms with E-state index in [-0.39, 0.29) is 35.5 Å². The third-order valence-electron chi connectivity index (χ3n) is 17.6. The minimum Gasteiger partial charge on any atom is -0.444 e. The molecule has 0 saturated carbocycles. The van der Waals surface area contributed by atoms with Crippen LogP contribution in [0, 0.1) is 17.8 Å². The number of benzene rings is 3. The van der Waals surface area contributed by atoms with Crippen LogP contribution in [0.5, 0.6) is 0 Å². The first-order valence-corrected chi connectivity index (χ1v) is 50.1. The number of hydrogen-bond donors (Lipinski definition) is 6. The predicted molar refractivity (Wildman–Crippen MR) is 450 cm³/mol. The van der Waals surface area contributed by atoms with Crippen molar-refractivity contribution in [2.45, 2.75) is 254 Å². The van der Waals surface area contributed by atoms with Crippen molar-refractivity contribution in [3.05, 3.63) is 145 Å². The van der Waals surface area contributed by atoms with Crippen LogP contribution < -0.4 is 31.9 Å². The number of aromatic nitrogens is 6. The van der Waals surface area contributed by atoms with Gasteiger partial charge in [-0.25, -0.2) is 29.3 Å². The molecule has 0 fully saturated rings. The van der Waals surface area contributed by atoms with Crippen molar-refractivity contribution in [3.63, 3.8) is 0 Å². The number of carbonyl (C=O) groups excluding carboxylic acids is 6. The van der Waals surface area contributed by atoms with E-state index < -0.39 is 77.4 Å². The van der Waals surface area contributed by atoms with Crippen LogP contribution in [0.15, 0.2) is 128 Å². The molecule has 111 heavy (non-hydrogen) atoms. The molecule has 6 amide bonds. The maximum absolute atomic E-state index is 12.8. The maximum atomic E-state index is 12.8. The van der Waals surface area contributed by atoms with Gasteiger partial charge in [0.05, 0.1) is 52.3 Å². The van der Waals surface area contributed by atoms with Gasteiger partial charge in [-0.15, -0.1) is 0 Å². The van der Waals surface area contributed by atoms with Crippen molar-refractivity contribution in [1.29, 1.82) is 0 Å². The number of amides is 6. The Labute approximate surface area is 661 Å². The standard InChI is InChI=1S/3C28H42N4O4Si/c3*1-20-11-10-14-23(31-27(34)36-28(2,3)4)26-30-24(18-32(26)19-35-15-16-37(5,6)7)21-12-8-9-13-22(21)29-25(33)17-20/h3*8-13,18,20,23H,14-17,19H2,1-7H3,(H,29,33)(H,31,34)/b2*11-10+;11-10-/t3*20?,23-/m000/s1. The molecule has 27 heteroatoms. The van der Waals surface area contributed by atoms with E-state index >= 15 is 0 Å². The number of para-hydroxylation sites is 3. The van der Waals surface area contributed by atoms with Gasteiger partial charge >= 0.3 is 18.3 Å². The predicted octanol–water partition coefficient (Wildman–Crippen LogP) is 19.1. The Morgan fingerprint density at radius 1 is 0.414 bits per heavy atom. The summed E-state index contributed by atoms with van der Waals surface area (Å²) in [6, 6.07) is 24.8. The number of ether oxygens (including phenoxy) is 6. The Balaban J connectivity index is 0.000000231. The number of nitrogens with one attached hydrogen (secondary N) is 6. The molecule has 3 aromatic heterocycles. The van der Waals surface area contributed by atoms with Crippen molar-refractivity contribution in [1.82, 2.24) is 44.6 Å². The molecule has 606 valence electrons. The van der Waals surface area contributed by atoms with Crippen LogP contribution >= 0.6 is 0 Å². The first-order valence-electron chi connectivity index (χ1n) is 39.0. The van der Waals surface area contributed by atoms with Gasteiger partial charge in [-0.3, -0.25) is 14.4 Å². The number of anilines is 3. The number of carbonyl (C=O) groups is 6. The molecule has 6 atom stereocenters. The van der Waals surface area contributed by atoms with Crippen LogP contribution in [-0.4, -0.2) is 125 Å². The fraction of sp³-hybridized carbons (Fsp3) is 0.536. The fourth-order valence-corrected chi connectivity index (χ4v) is 14.2. The van der Waals surface area contributed by atoms with Crippen LogP contribution in [0.1, 0.15) is 157 Å². The molecule has 24 nitrogen and oxygen atoms in total. The Kier molecular flexibility index (Phi) is 32.3. The van der Waals surface area contributed by atoms with E-state index in [9.17, 15) is 28.8 Å². The average Bonchev–Trinajstić information content (AvgIpc) is 1.67. The molecule has 6 bridgehead atoms. The molecule has 3 unspecified atom stereocenters. The summed E-state index contributed by atoms with van der Waals surface area (Å²) >= 11 is 0. The molecule has 3 aliphatic rings. The quantitative estimate of drug-likeness (QED) is 0.0202. The lowest BCUT2D eigenvalue weighted by Gasteiger charge is -2.23. The van der Waals surface area contributed by atoms with Crippen molar-refractivity contribution in [3.8, 4) is 33.8 Å². The van der Waals surface area contributed by atoms with E-state index in [1.807, 2.05) is 225 Å². The minimum atomic E-state index is -1.24. The summed E-state index contributed by atoms with van der Waals surface area (Å²) < 4.78 is 40.7. The molecular formula is C84H126N12O12Si3. The monoisotopic (exact) mass is 1580 g/mol. The zero-order chi connectivity index (χ0) is 81.7. The Bertz CT molecular complexity index is 3760. The second-order valence-electron chi connectivity index (χ2n) is 35.8. The summed E-state index contributed by atoms with van der Waals surface area (Å²) in [4.78, 5) is 91.4. The van der Waals surface area contributed by atoms with Gasteiger partial charge in [-0.2, -0.15) is 0 Å². The van der Waals surface area contributed by atoms with Gasteiger partial charge in [0, 0.05) is 98.6 Å². The summed E-state index contributed by atoms with van der Waals surface area (Å²) in [6.07, 6.45) is 18.9. The van der Waals surface area contributed by atoms with E-state index in [4.69, 9.17) is 43.4 Å². The molecule has 3 aliphatic heterocycles. The number of rotatable bonds is 18. The zero-order valence-corrected chi connectivity index (χ0v) is 72.8. The number of imidazole rings is 3. The van der Waals surface area contributed by atoms with Gasteiger partial charge in [-0.05, 0) is 136 Å². The largest absolute Gasteiger partial charge is 0.444 e. The van der Waals surface area contributed by atoms with Gasteiger partial charge in [0.1, 0.15) is 54.5 Å². The minimum absolute atomic E-state index is 0.0365. The summed E-state index contributed by atoms with van der Waals surface area (Å²) in [5, 5.41) is 18.2. The third kappa shape index (κ3) is 31.8. The first-order chi connectivity index (χ1) is 51.9. The molecule has 3 aromatic carbocycles. The van der Waals surface area contributed by atoms with Crippen LogP contribution in [-0.2, 0) is 63.0 Å². The Morgan fingerprint density at radius 3 is 0.892 bits per heavy atom. The number of alkyl carbamates (subject to hydrolysis) is 3. The molecule has 6 aromatic rings. The Hall–Kier alpha value is -8.74. The third-order valence-corrected chi connectivity index (χ3v) is 22.7. The zero-order valence-electron chi connectivity index (χ0n) is 69.8. The molecule has 0 aliphatic carbocycles. The average molecular weight is 1580 g/mol. The number of fused-ring (bicyclic) bond motifs is 12. The summed E-state index contributed by atoms with van der Waals surface area (Å²) in [5.74, 6) is 1.97. The van der Waals surface area contributed by atoms with E-state index in [0.717, 1.165) is 34.8 Å².